The van der Waals surface area contributed by atoms with Gasteiger partial charge in [-0.25, -0.2) is 4.39 Å². The number of amides is 2. The van der Waals surface area contributed by atoms with Crippen LogP contribution >= 0.6 is 0 Å². The van der Waals surface area contributed by atoms with E-state index in [4.69, 9.17) is 4.74 Å². The average molecular weight is 486 g/mol. The summed E-state index contributed by atoms with van der Waals surface area (Å²) in [6.45, 7) is 8.10. The number of carbonyl (C=O) groups excluding carboxylic acids is 2. The topological polar surface area (TPSA) is 53.1 Å². The van der Waals surface area contributed by atoms with Crippen molar-refractivity contribution in [2.24, 2.45) is 0 Å². The Labute approximate surface area is 210 Å². The molecule has 2 heterocycles. The fraction of sp³-hybridized carbons (Fsp3) is 0.241. The summed E-state index contributed by atoms with van der Waals surface area (Å²) >= 11 is 0. The average Bonchev–Trinajstić information content (AvgIpc) is 3.13. The SMILES string of the molecule is C=CCOc1ccccc1CN1CCN(c2cccc3c2C(=O)N(Cc2cccc(F)c2)C3=O)CC1. The van der Waals surface area contributed by atoms with E-state index in [0.29, 0.717) is 23.3 Å². The lowest BCUT2D eigenvalue weighted by Crippen LogP contribution is -2.46. The molecule has 0 N–H and O–H groups in total. The van der Waals surface area contributed by atoms with Gasteiger partial charge in [-0.05, 0) is 35.9 Å². The monoisotopic (exact) mass is 485 g/mol. The first-order valence-corrected chi connectivity index (χ1v) is 12.1. The summed E-state index contributed by atoms with van der Waals surface area (Å²) in [4.78, 5) is 32.1. The van der Waals surface area contributed by atoms with Gasteiger partial charge in [0, 0.05) is 38.3 Å². The van der Waals surface area contributed by atoms with Gasteiger partial charge in [-0.3, -0.25) is 19.4 Å². The molecule has 36 heavy (non-hydrogen) atoms. The molecular weight excluding hydrogens is 457 g/mol. The Hall–Kier alpha value is -3.97. The molecule has 0 spiro atoms. The van der Waals surface area contributed by atoms with Gasteiger partial charge in [0.05, 0.1) is 23.4 Å². The van der Waals surface area contributed by atoms with E-state index in [1.165, 1.54) is 17.0 Å². The highest BCUT2D eigenvalue weighted by Crippen LogP contribution is 2.33. The predicted octanol–water partition coefficient (Wildman–Crippen LogP) is 4.51. The number of ether oxygens (including phenoxy) is 1. The molecule has 0 radical (unpaired) electrons. The Kier molecular flexibility index (Phi) is 6.82. The summed E-state index contributed by atoms with van der Waals surface area (Å²) in [6.07, 6.45) is 1.74. The molecule has 1 fully saturated rings. The Morgan fingerprint density at radius 2 is 1.67 bits per heavy atom. The zero-order valence-corrected chi connectivity index (χ0v) is 20.0. The molecule has 0 aromatic heterocycles. The third kappa shape index (κ3) is 4.75. The van der Waals surface area contributed by atoms with Crippen LogP contribution in [0.25, 0.3) is 0 Å². The van der Waals surface area contributed by atoms with Crippen molar-refractivity contribution in [3.63, 3.8) is 0 Å². The van der Waals surface area contributed by atoms with Gasteiger partial charge in [0.2, 0.25) is 0 Å². The molecule has 3 aromatic carbocycles. The van der Waals surface area contributed by atoms with Crippen molar-refractivity contribution < 1.29 is 18.7 Å². The van der Waals surface area contributed by atoms with Crippen molar-refractivity contribution in [2.45, 2.75) is 13.1 Å². The number of benzene rings is 3. The number of imide groups is 1. The first-order chi connectivity index (χ1) is 17.5. The van der Waals surface area contributed by atoms with Crippen molar-refractivity contribution in [1.82, 2.24) is 9.80 Å². The van der Waals surface area contributed by atoms with Gasteiger partial charge in [0.25, 0.3) is 11.8 Å². The van der Waals surface area contributed by atoms with Crippen molar-refractivity contribution in [2.75, 3.05) is 37.7 Å². The minimum atomic E-state index is -0.391. The summed E-state index contributed by atoms with van der Waals surface area (Å²) in [5.41, 5.74) is 3.33. The lowest BCUT2D eigenvalue weighted by molar-refractivity contribution is 0.0642. The van der Waals surface area contributed by atoms with E-state index in [1.54, 1.807) is 24.3 Å². The first-order valence-electron chi connectivity index (χ1n) is 12.1. The second kappa shape index (κ2) is 10.3. The molecule has 0 atom stereocenters. The lowest BCUT2D eigenvalue weighted by Gasteiger charge is -2.37. The maximum atomic E-state index is 13.6. The fourth-order valence-corrected chi connectivity index (χ4v) is 4.85. The Morgan fingerprint density at radius 1 is 0.889 bits per heavy atom. The van der Waals surface area contributed by atoms with Crippen LogP contribution in [0.5, 0.6) is 5.75 Å². The number of nitrogens with zero attached hydrogens (tertiary/aromatic N) is 3. The van der Waals surface area contributed by atoms with Crippen LogP contribution in [0.2, 0.25) is 0 Å². The van der Waals surface area contributed by atoms with Gasteiger partial charge in [0.15, 0.2) is 0 Å². The number of fused-ring (bicyclic) bond motifs is 1. The van der Waals surface area contributed by atoms with Crippen LogP contribution < -0.4 is 9.64 Å². The van der Waals surface area contributed by atoms with E-state index in [0.717, 1.165) is 49.7 Å². The molecule has 0 aliphatic carbocycles. The maximum Gasteiger partial charge on any atom is 0.263 e. The highest BCUT2D eigenvalue weighted by atomic mass is 19.1. The van der Waals surface area contributed by atoms with Gasteiger partial charge in [-0.15, -0.1) is 0 Å². The number of hydrogen-bond donors (Lipinski definition) is 0. The number of hydrogen-bond acceptors (Lipinski definition) is 5. The van der Waals surface area contributed by atoms with Gasteiger partial charge in [-0.2, -0.15) is 0 Å². The second-order valence-electron chi connectivity index (χ2n) is 9.00. The molecule has 0 unspecified atom stereocenters. The number of piperazine rings is 1. The first kappa shape index (κ1) is 23.8. The van der Waals surface area contributed by atoms with Crippen LogP contribution in [0.15, 0.2) is 79.4 Å². The predicted molar refractivity (Wildman–Crippen MR) is 137 cm³/mol. The Bertz CT molecular complexity index is 1300. The third-order valence-corrected chi connectivity index (χ3v) is 6.64. The van der Waals surface area contributed by atoms with Gasteiger partial charge in [-0.1, -0.05) is 49.1 Å². The molecule has 3 aromatic rings. The van der Waals surface area contributed by atoms with E-state index in [2.05, 4.69) is 22.4 Å². The highest BCUT2D eigenvalue weighted by Gasteiger charge is 2.38. The number of carbonyl (C=O) groups is 2. The minimum absolute atomic E-state index is 0.0463. The zero-order valence-electron chi connectivity index (χ0n) is 20.0. The smallest absolute Gasteiger partial charge is 0.263 e. The molecule has 6 nitrogen and oxygen atoms in total. The summed E-state index contributed by atoms with van der Waals surface area (Å²) in [7, 11) is 0. The van der Waals surface area contributed by atoms with Crippen LogP contribution in [-0.2, 0) is 13.1 Å². The molecule has 2 amide bonds. The Balaban J connectivity index is 1.28. The standard InChI is InChI=1S/C29H28FN3O3/c1-2-17-36-26-12-4-3-8-22(26)20-31-13-15-32(16-14-31)25-11-6-10-24-27(25)29(35)33(28(24)34)19-21-7-5-9-23(30)18-21/h2-12,18H,1,13-17,19-20H2. The molecule has 1 saturated heterocycles. The van der Waals surface area contributed by atoms with Gasteiger partial charge >= 0.3 is 0 Å². The molecular formula is C29H28FN3O3. The molecule has 0 saturated carbocycles. The molecule has 184 valence electrons. The Morgan fingerprint density at radius 3 is 2.44 bits per heavy atom. The largest absolute Gasteiger partial charge is 0.489 e. The molecule has 2 aliphatic rings. The van der Waals surface area contributed by atoms with Gasteiger partial charge in [0.1, 0.15) is 18.2 Å². The quantitative estimate of drug-likeness (QED) is 0.347. The van der Waals surface area contributed by atoms with Crippen molar-refractivity contribution >= 4 is 17.5 Å². The van der Waals surface area contributed by atoms with Crippen molar-refractivity contribution in [1.29, 1.82) is 0 Å². The van der Waals surface area contributed by atoms with Crippen LogP contribution in [0.3, 0.4) is 0 Å². The second-order valence-corrected chi connectivity index (χ2v) is 9.00. The normalized spacial score (nSPS) is 15.8. The van der Waals surface area contributed by atoms with Crippen LogP contribution in [0.1, 0.15) is 31.8 Å². The van der Waals surface area contributed by atoms with Crippen LogP contribution in [0.4, 0.5) is 10.1 Å². The number of rotatable bonds is 8. The highest BCUT2D eigenvalue weighted by molar-refractivity contribution is 6.23. The molecule has 0 bridgehead atoms. The van der Waals surface area contributed by atoms with Crippen LogP contribution in [-0.4, -0.2) is 54.4 Å². The van der Waals surface area contributed by atoms with E-state index in [9.17, 15) is 14.0 Å². The number of halogens is 1. The summed E-state index contributed by atoms with van der Waals surface area (Å²) in [5.74, 6) is -0.192. The third-order valence-electron chi connectivity index (χ3n) is 6.64. The molecule has 7 heteroatoms. The zero-order chi connectivity index (χ0) is 25.1. The summed E-state index contributed by atoms with van der Waals surface area (Å²) in [6, 6.07) is 19.4. The van der Waals surface area contributed by atoms with Crippen molar-refractivity contribution in [3.05, 3.63) is 107 Å². The molecule has 2 aliphatic heterocycles. The van der Waals surface area contributed by atoms with E-state index < -0.39 is 5.82 Å². The van der Waals surface area contributed by atoms with E-state index in [-0.39, 0.29) is 18.4 Å². The number of anilines is 1. The van der Waals surface area contributed by atoms with E-state index >= 15 is 0 Å². The van der Waals surface area contributed by atoms with E-state index in [1.807, 2.05) is 30.3 Å². The fourth-order valence-electron chi connectivity index (χ4n) is 4.85. The van der Waals surface area contributed by atoms with Crippen LogP contribution in [0, 0.1) is 5.82 Å². The van der Waals surface area contributed by atoms with Gasteiger partial charge < -0.3 is 9.64 Å². The lowest BCUT2D eigenvalue weighted by atomic mass is 10.1. The number of para-hydroxylation sites is 1. The summed E-state index contributed by atoms with van der Waals surface area (Å²) in [5, 5.41) is 0. The minimum Gasteiger partial charge on any atom is -0.489 e. The van der Waals surface area contributed by atoms with Crippen molar-refractivity contribution in [3.8, 4) is 5.75 Å². The summed E-state index contributed by atoms with van der Waals surface area (Å²) < 4.78 is 19.4. The maximum absolute atomic E-state index is 13.6. The molecule has 5 rings (SSSR count).